The van der Waals surface area contributed by atoms with Crippen LogP contribution in [-0.2, 0) is 19.1 Å². The van der Waals surface area contributed by atoms with Crippen LogP contribution in [0.3, 0.4) is 0 Å². The number of esters is 1. The molecule has 1 fully saturated rings. The fraction of sp³-hybridized carbons (Fsp3) is 0.333. The van der Waals surface area contributed by atoms with Crippen molar-refractivity contribution in [1.29, 1.82) is 0 Å². The molecule has 1 aliphatic rings. The van der Waals surface area contributed by atoms with Gasteiger partial charge in [0, 0.05) is 30.5 Å². The van der Waals surface area contributed by atoms with Crippen molar-refractivity contribution >= 4 is 28.9 Å². The minimum atomic E-state index is -1.07. The molecule has 2 aromatic carbocycles. The maximum Gasteiger partial charge on any atom is 0.344 e. The van der Waals surface area contributed by atoms with Gasteiger partial charge in [-0.1, -0.05) is 12.1 Å². The van der Waals surface area contributed by atoms with Crippen LogP contribution >= 0.6 is 0 Å². The van der Waals surface area contributed by atoms with Gasteiger partial charge in [-0.15, -0.1) is 0 Å². The molecular formula is C21H23N3O7. The van der Waals surface area contributed by atoms with E-state index in [2.05, 4.69) is 10.2 Å². The van der Waals surface area contributed by atoms with Crippen LogP contribution in [0.1, 0.15) is 6.92 Å². The number of anilines is 2. The summed E-state index contributed by atoms with van der Waals surface area (Å²) in [5, 5.41) is 13.7. The molecule has 1 saturated heterocycles. The normalized spacial score (nSPS) is 14.4. The average Bonchev–Trinajstić information content (AvgIpc) is 2.79. The highest BCUT2D eigenvalue weighted by Gasteiger charge is 2.20. The van der Waals surface area contributed by atoms with E-state index in [0.717, 1.165) is 18.8 Å². The third kappa shape index (κ3) is 6.16. The van der Waals surface area contributed by atoms with Crippen LogP contribution in [-0.4, -0.2) is 55.8 Å². The standard InChI is InChI=1S/C21H23N3O7/c1-15(31-20(25)14-30-19-5-3-2-4-18(19)24(27)28)21(26)22-16-6-8-17(9-7-16)23-10-12-29-13-11-23/h2-9,15H,10-14H2,1H3,(H,22,26)/t15-/m1/s1. The minimum Gasteiger partial charge on any atom is -0.475 e. The Morgan fingerprint density at radius 3 is 2.52 bits per heavy atom. The van der Waals surface area contributed by atoms with E-state index >= 15 is 0 Å². The number of carbonyl (C=O) groups excluding carboxylic acids is 2. The van der Waals surface area contributed by atoms with Crippen LogP contribution in [0.15, 0.2) is 48.5 Å². The first-order chi connectivity index (χ1) is 14.9. The molecule has 1 N–H and O–H groups in total. The Balaban J connectivity index is 1.47. The molecule has 31 heavy (non-hydrogen) atoms. The number of benzene rings is 2. The van der Waals surface area contributed by atoms with Crippen LogP contribution in [0.25, 0.3) is 0 Å². The summed E-state index contributed by atoms with van der Waals surface area (Å²) in [7, 11) is 0. The number of rotatable bonds is 8. The number of ether oxygens (including phenoxy) is 3. The predicted octanol–water partition coefficient (Wildman–Crippen LogP) is 2.38. The molecule has 10 nitrogen and oxygen atoms in total. The molecule has 3 rings (SSSR count). The second-order valence-corrected chi connectivity index (χ2v) is 6.78. The molecule has 1 amide bonds. The number of amides is 1. The maximum atomic E-state index is 12.3. The fourth-order valence-corrected chi connectivity index (χ4v) is 2.97. The van der Waals surface area contributed by atoms with E-state index in [1.807, 2.05) is 12.1 Å². The van der Waals surface area contributed by atoms with E-state index in [1.54, 1.807) is 18.2 Å². The molecule has 1 heterocycles. The molecule has 0 saturated carbocycles. The van der Waals surface area contributed by atoms with Gasteiger partial charge >= 0.3 is 11.7 Å². The third-order valence-corrected chi connectivity index (χ3v) is 4.60. The molecule has 10 heteroatoms. The first-order valence-corrected chi connectivity index (χ1v) is 9.73. The second-order valence-electron chi connectivity index (χ2n) is 6.78. The van der Waals surface area contributed by atoms with Crippen molar-refractivity contribution in [3.63, 3.8) is 0 Å². The molecule has 0 bridgehead atoms. The Bertz CT molecular complexity index is 927. The van der Waals surface area contributed by atoms with Crippen molar-refractivity contribution in [3.05, 3.63) is 58.6 Å². The van der Waals surface area contributed by atoms with Gasteiger partial charge in [0.15, 0.2) is 18.5 Å². The van der Waals surface area contributed by atoms with Gasteiger partial charge in [0.2, 0.25) is 0 Å². The zero-order valence-corrected chi connectivity index (χ0v) is 17.0. The van der Waals surface area contributed by atoms with E-state index in [1.165, 1.54) is 25.1 Å². The van der Waals surface area contributed by atoms with Crippen molar-refractivity contribution in [2.45, 2.75) is 13.0 Å². The summed E-state index contributed by atoms with van der Waals surface area (Å²) in [5.41, 5.74) is 1.34. The summed E-state index contributed by atoms with van der Waals surface area (Å²) in [6.07, 6.45) is -1.07. The number of hydrogen-bond donors (Lipinski definition) is 1. The Morgan fingerprint density at radius 2 is 1.84 bits per heavy atom. The van der Waals surface area contributed by atoms with Crippen molar-refractivity contribution in [2.24, 2.45) is 0 Å². The Hall–Kier alpha value is -3.66. The van der Waals surface area contributed by atoms with E-state index in [9.17, 15) is 19.7 Å². The lowest BCUT2D eigenvalue weighted by Crippen LogP contribution is -2.36. The van der Waals surface area contributed by atoms with Crippen molar-refractivity contribution in [2.75, 3.05) is 43.1 Å². The fourth-order valence-electron chi connectivity index (χ4n) is 2.97. The van der Waals surface area contributed by atoms with E-state index < -0.39 is 29.5 Å². The van der Waals surface area contributed by atoms with E-state index in [4.69, 9.17) is 14.2 Å². The summed E-state index contributed by atoms with van der Waals surface area (Å²) in [6, 6.07) is 13.0. The lowest BCUT2D eigenvalue weighted by molar-refractivity contribution is -0.385. The number of hydrogen-bond acceptors (Lipinski definition) is 8. The number of nitro benzene ring substituents is 1. The topological polar surface area (TPSA) is 120 Å². The summed E-state index contributed by atoms with van der Waals surface area (Å²) in [4.78, 5) is 36.8. The molecule has 1 atom stereocenters. The van der Waals surface area contributed by atoms with Gasteiger partial charge in [-0.2, -0.15) is 0 Å². The summed E-state index contributed by atoms with van der Waals surface area (Å²) in [5.74, 6) is -1.37. The SMILES string of the molecule is C[C@@H](OC(=O)COc1ccccc1[N+](=O)[O-])C(=O)Nc1ccc(N2CCOCC2)cc1. The van der Waals surface area contributed by atoms with Gasteiger partial charge < -0.3 is 24.4 Å². The van der Waals surface area contributed by atoms with Gasteiger partial charge in [-0.25, -0.2) is 4.79 Å². The largest absolute Gasteiger partial charge is 0.475 e. The molecule has 1 aliphatic heterocycles. The molecule has 164 valence electrons. The summed E-state index contributed by atoms with van der Waals surface area (Å²) in [6.45, 7) is 3.86. The van der Waals surface area contributed by atoms with Gasteiger partial charge in [0.1, 0.15) is 0 Å². The number of nitrogens with one attached hydrogen (secondary N) is 1. The molecule has 0 spiro atoms. The zero-order valence-electron chi connectivity index (χ0n) is 17.0. The lowest BCUT2D eigenvalue weighted by Gasteiger charge is -2.28. The summed E-state index contributed by atoms with van der Waals surface area (Å²) >= 11 is 0. The number of morpholine rings is 1. The Morgan fingerprint density at radius 1 is 1.16 bits per heavy atom. The quantitative estimate of drug-likeness (QED) is 0.386. The first kappa shape index (κ1) is 22.0. The van der Waals surface area contributed by atoms with Crippen LogP contribution in [0.5, 0.6) is 5.75 Å². The van der Waals surface area contributed by atoms with E-state index in [0.29, 0.717) is 18.9 Å². The monoisotopic (exact) mass is 429 g/mol. The van der Waals surface area contributed by atoms with Gasteiger partial charge in [0.25, 0.3) is 5.91 Å². The average molecular weight is 429 g/mol. The van der Waals surface area contributed by atoms with E-state index in [-0.39, 0.29) is 11.4 Å². The molecular weight excluding hydrogens is 406 g/mol. The number of para-hydroxylation sites is 2. The van der Waals surface area contributed by atoms with Gasteiger partial charge in [-0.05, 0) is 37.3 Å². The lowest BCUT2D eigenvalue weighted by atomic mass is 10.2. The molecule has 0 radical (unpaired) electrons. The smallest absolute Gasteiger partial charge is 0.344 e. The maximum absolute atomic E-state index is 12.3. The van der Waals surface area contributed by atoms with Gasteiger partial charge in [-0.3, -0.25) is 14.9 Å². The highest BCUT2D eigenvalue weighted by atomic mass is 16.6. The molecule has 0 aromatic heterocycles. The second kappa shape index (κ2) is 10.4. The number of nitro groups is 1. The van der Waals surface area contributed by atoms with Crippen molar-refractivity contribution in [3.8, 4) is 5.75 Å². The van der Waals surface area contributed by atoms with Crippen LogP contribution in [0, 0.1) is 10.1 Å². The molecule has 0 aliphatic carbocycles. The third-order valence-electron chi connectivity index (χ3n) is 4.60. The van der Waals surface area contributed by atoms with Gasteiger partial charge in [0.05, 0.1) is 18.1 Å². The number of carbonyl (C=O) groups is 2. The van der Waals surface area contributed by atoms with Crippen molar-refractivity contribution in [1.82, 2.24) is 0 Å². The highest BCUT2D eigenvalue weighted by molar-refractivity contribution is 5.95. The number of nitrogens with zero attached hydrogens (tertiary/aromatic N) is 2. The Kier molecular flexibility index (Phi) is 7.39. The molecule has 2 aromatic rings. The first-order valence-electron chi connectivity index (χ1n) is 9.73. The Labute approximate surface area is 178 Å². The van der Waals surface area contributed by atoms with Crippen LogP contribution < -0.4 is 15.0 Å². The minimum absolute atomic E-state index is 0.0538. The highest BCUT2D eigenvalue weighted by Crippen LogP contribution is 2.25. The van der Waals surface area contributed by atoms with Crippen LogP contribution in [0.2, 0.25) is 0 Å². The molecule has 0 unspecified atom stereocenters. The van der Waals surface area contributed by atoms with Crippen LogP contribution in [0.4, 0.5) is 17.1 Å². The van der Waals surface area contributed by atoms with Crippen molar-refractivity contribution < 1.29 is 28.7 Å². The summed E-state index contributed by atoms with van der Waals surface area (Å²) < 4.78 is 15.6. The predicted molar refractivity (Wildman–Crippen MR) is 112 cm³/mol. The zero-order chi connectivity index (χ0) is 22.2.